The summed E-state index contributed by atoms with van der Waals surface area (Å²) in [6.07, 6.45) is 2.92. The molecule has 6 rings (SSSR count). The van der Waals surface area contributed by atoms with Gasteiger partial charge in [-0.05, 0) is 42.5 Å². The molecule has 0 unspecified atom stereocenters. The number of hydrogen-bond acceptors (Lipinski definition) is 7. The Labute approximate surface area is 245 Å². The highest BCUT2D eigenvalue weighted by Gasteiger charge is 2.23. The first-order valence-electron chi connectivity index (χ1n) is 12.5. The number of rotatable bonds is 6. The van der Waals surface area contributed by atoms with Crippen molar-refractivity contribution < 1.29 is 13.5 Å². The third kappa shape index (κ3) is 4.34. The Balaban J connectivity index is 1.64. The number of nitriles is 1. The van der Waals surface area contributed by atoms with E-state index in [1.807, 2.05) is 6.07 Å². The van der Waals surface area contributed by atoms with Crippen LogP contribution < -0.4 is 16.0 Å². The summed E-state index contributed by atoms with van der Waals surface area (Å²) in [4.78, 5) is 37.4. The van der Waals surface area contributed by atoms with Crippen LogP contribution in [0.15, 0.2) is 64.4 Å². The van der Waals surface area contributed by atoms with Gasteiger partial charge in [-0.15, -0.1) is 11.3 Å². The van der Waals surface area contributed by atoms with E-state index in [1.54, 1.807) is 29.8 Å². The molecular formula is C29H19ClF2N6O3S. The van der Waals surface area contributed by atoms with Crippen molar-refractivity contribution in [2.24, 2.45) is 7.05 Å². The van der Waals surface area contributed by atoms with Crippen molar-refractivity contribution in [2.75, 3.05) is 7.11 Å². The van der Waals surface area contributed by atoms with Crippen molar-refractivity contribution in [1.82, 2.24) is 23.7 Å². The number of pyridine rings is 1. The van der Waals surface area contributed by atoms with Crippen LogP contribution in [0.4, 0.5) is 8.78 Å². The van der Waals surface area contributed by atoms with Gasteiger partial charge in [0, 0.05) is 29.6 Å². The van der Waals surface area contributed by atoms with E-state index in [-0.39, 0.29) is 34.1 Å². The van der Waals surface area contributed by atoms with E-state index in [0.717, 1.165) is 22.0 Å². The molecule has 0 N–H and O–H groups in total. The van der Waals surface area contributed by atoms with E-state index in [9.17, 15) is 23.6 Å². The summed E-state index contributed by atoms with van der Waals surface area (Å²) in [5.74, 6) is -0.584. The average Bonchev–Trinajstić information content (AvgIpc) is 3.56. The molecule has 6 aromatic rings. The van der Waals surface area contributed by atoms with Gasteiger partial charge in [-0.2, -0.15) is 5.26 Å². The van der Waals surface area contributed by atoms with Crippen LogP contribution in [-0.4, -0.2) is 30.8 Å². The molecule has 0 amide bonds. The maximum absolute atomic E-state index is 14.2. The molecule has 0 saturated heterocycles. The SMILES string of the molecule is COc1cc(-c2cc3c(s2)c(=O)n(-c2cncc4nc(-c5ccc(F)cc5)n(C)c24)c(=O)n3CCC#N)c(Cl)cc1F. The number of methoxy groups -OCH3 is 1. The van der Waals surface area contributed by atoms with Gasteiger partial charge in [0.2, 0.25) is 0 Å². The normalized spacial score (nSPS) is 11.3. The monoisotopic (exact) mass is 604 g/mol. The van der Waals surface area contributed by atoms with Gasteiger partial charge in [-0.3, -0.25) is 14.3 Å². The van der Waals surface area contributed by atoms with Gasteiger partial charge >= 0.3 is 5.69 Å². The summed E-state index contributed by atoms with van der Waals surface area (Å²) < 4.78 is 37.2. The summed E-state index contributed by atoms with van der Waals surface area (Å²) in [6, 6.07) is 12.0. The lowest BCUT2D eigenvalue weighted by Gasteiger charge is -2.12. The topological polar surface area (TPSA) is 108 Å². The van der Waals surface area contributed by atoms with Crippen molar-refractivity contribution in [3.8, 4) is 39.3 Å². The number of ether oxygens (including phenoxy) is 1. The Kier molecular flexibility index (Phi) is 6.84. The maximum atomic E-state index is 14.2. The fourth-order valence-corrected chi connectivity index (χ4v) is 6.35. The Morgan fingerprint density at radius 3 is 2.60 bits per heavy atom. The predicted molar refractivity (Wildman–Crippen MR) is 156 cm³/mol. The molecule has 210 valence electrons. The predicted octanol–water partition coefficient (Wildman–Crippen LogP) is 5.68. The molecule has 0 atom stereocenters. The molecule has 9 nitrogen and oxygen atoms in total. The third-order valence-corrected chi connectivity index (χ3v) is 8.34. The molecule has 0 fully saturated rings. The summed E-state index contributed by atoms with van der Waals surface area (Å²) in [5.41, 5.74) is 1.14. The molecule has 0 saturated carbocycles. The standard InChI is InChI=1S/C29H19ClF2N6O3S/c1-36-25-20(35-27(36)15-4-6-16(31)7-5-15)13-34-14-22(25)38-28(39)26-21(37(29(38)40)9-3-8-33)12-24(42-26)17-10-23(41-2)19(32)11-18(17)30/h4-7,10-14H,3,9H2,1-2H3. The number of benzene rings is 2. The highest BCUT2D eigenvalue weighted by atomic mass is 35.5. The van der Waals surface area contributed by atoms with Gasteiger partial charge in [-0.1, -0.05) is 11.6 Å². The molecule has 0 radical (unpaired) electrons. The number of aryl methyl sites for hydroxylation is 2. The van der Waals surface area contributed by atoms with Crippen LogP contribution in [0.1, 0.15) is 6.42 Å². The van der Waals surface area contributed by atoms with Gasteiger partial charge in [-0.25, -0.2) is 23.1 Å². The molecule has 0 spiro atoms. The quantitative estimate of drug-likeness (QED) is 0.242. The fraction of sp³-hybridized carbons (Fsp3) is 0.138. The largest absolute Gasteiger partial charge is 0.494 e. The molecule has 13 heteroatoms. The van der Waals surface area contributed by atoms with E-state index in [1.165, 1.54) is 42.3 Å². The number of hydrogen-bond donors (Lipinski definition) is 0. The van der Waals surface area contributed by atoms with Crippen molar-refractivity contribution in [3.63, 3.8) is 0 Å². The summed E-state index contributed by atoms with van der Waals surface area (Å²) in [6.45, 7) is 0.0123. The molecule has 4 aromatic heterocycles. The van der Waals surface area contributed by atoms with Crippen LogP contribution in [0.3, 0.4) is 0 Å². The molecule has 4 heterocycles. The molecule has 0 aliphatic heterocycles. The lowest BCUT2D eigenvalue weighted by Crippen LogP contribution is -2.38. The minimum Gasteiger partial charge on any atom is -0.494 e. The third-order valence-electron chi connectivity index (χ3n) is 6.88. The van der Waals surface area contributed by atoms with Crippen LogP contribution >= 0.6 is 22.9 Å². The van der Waals surface area contributed by atoms with Crippen molar-refractivity contribution in [1.29, 1.82) is 5.26 Å². The second kappa shape index (κ2) is 10.5. The van der Waals surface area contributed by atoms with Crippen molar-refractivity contribution in [3.05, 3.63) is 92.4 Å². The van der Waals surface area contributed by atoms with Gasteiger partial charge in [0.25, 0.3) is 5.56 Å². The van der Waals surface area contributed by atoms with Gasteiger partial charge in [0.15, 0.2) is 11.6 Å². The van der Waals surface area contributed by atoms with E-state index in [4.69, 9.17) is 16.3 Å². The van der Waals surface area contributed by atoms with Crippen molar-refractivity contribution >= 4 is 44.2 Å². The number of imidazole rings is 1. The van der Waals surface area contributed by atoms with Crippen LogP contribution in [0.2, 0.25) is 5.02 Å². The minimum absolute atomic E-state index is 0.00634. The second-order valence-corrected chi connectivity index (χ2v) is 10.8. The molecule has 2 aromatic carbocycles. The minimum atomic E-state index is -0.672. The first-order valence-corrected chi connectivity index (χ1v) is 13.7. The van der Waals surface area contributed by atoms with Crippen LogP contribution in [0.25, 0.3) is 48.8 Å². The summed E-state index contributed by atoms with van der Waals surface area (Å²) in [5, 5.41) is 9.40. The number of aromatic nitrogens is 5. The first kappa shape index (κ1) is 27.3. The maximum Gasteiger partial charge on any atom is 0.336 e. The summed E-state index contributed by atoms with van der Waals surface area (Å²) >= 11 is 7.44. The number of nitrogens with zero attached hydrogens (tertiary/aromatic N) is 6. The first-order chi connectivity index (χ1) is 20.2. The molecular weight excluding hydrogens is 586 g/mol. The highest BCUT2D eigenvalue weighted by molar-refractivity contribution is 7.22. The van der Waals surface area contributed by atoms with Crippen LogP contribution in [0.5, 0.6) is 5.75 Å². The van der Waals surface area contributed by atoms with Crippen LogP contribution in [-0.2, 0) is 13.6 Å². The smallest absolute Gasteiger partial charge is 0.336 e. The molecule has 0 aliphatic carbocycles. The average molecular weight is 605 g/mol. The Morgan fingerprint density at radius 1 is 1.12 bits per heavy atom. The Hall–Kier alpha value is -4.86. The number of fused-ring (bicyclic) bond motifs is 2. The zero-order valence-electron chi connectivity index (χ0n) is 22.1. The van der Waals surface area contributed by atoms with Crippen LogP contribution in [0, 0.1) is 23.0 Å². The van der Waals surface area contributed by atoms with Gasteiger partial charge in [0.05, 0.1) is 53.7 Å². The van der Waals surface area contributed by atoms with E-state index in [0.29, 0.717) is 38.4 Å². The lowest BCUT2D eigenvalue weighted by atomic mass is 10.1. The van der Waals surface area contributed by atoms with Crippen molar-refractivity contribution in [2.45, 2.75) is 13.0 Å². The Morgan fingerprint density at radius 2 is 1.88 bits per heavy atom. The molecule has 0 bridgehead atoms. The zero-order chi connectivity index (χ0) is 29.7. The number of thiophene rings is 1. The number of halogens is 3. The lowest BCUT2D eigenvalue weighted by molar-refractivity contribution is 0.387. The molecule has 42 heavy (non-hydrogen) atoms. The van der Waals surface area contributed by atoms with Gasteiger partial charge in [0.1, 0.15) is 21.9 Å². The zero-order valence-corrected chi connectivity index (χ0v) is 23.6. The fourth-order valence-electron chi connectivity index (χ4n) is 4.92. The molecule has 0 aliphatic rings. The second-order valence-electron chi connectivity index (χ2n) is 9.30. The van der Waals surface area contributed by atoms with E-state index < -0.39 is 22.9 Å². The van der Waals surface area contributed by atoms with E-state index >= 15 is 0 Å². The highest BCUT2D eigenvalue weighted by Crippen LogP contribution is 2.39. The Bertz CT molecular complexity index is 2200. The van der Waals surface area contributed by atoms with E-state index in [2.05, 4.69) is 9.97 Å². The van der Waals surface area contributed by atoms with Gasteiger partial charge < -0.3 is 9.30 Å². The summed E-state index contributed by atoms with van der Waals surface area (Å²) in [7, 11) is 3.05.